The Morgan fingerprint density at radius 2 is 1.69 bits per heavy atom. The van der Waals surface area contributed by atoms with Crippen molar-refractivity contribution in [2.24, 2.45) is 0 Å². The number of methoxy groups -OCH3 is 1. The molecule has 3 amide bonds. The second-order valence-corrected chi connectivity index (χ2v) is 8.48. The van der Waals surface area contributed by atoms with Crippen LogP contribution < -0.4 is 10.1 Å². The molecule has 32 heavy (non-hydrogen) atoms. The third-order valence-electron chi connectivity index (χ3n) is 5.35. The average Bonchev–Trinajstić information content (AvgIpc) is 3.04. The highest BCUT2D eigenvalue weighted by Gasteiger charge is 2.36. The van der Waals surface area contributed by atoms with E-state index < -0.39 is 17.1 Å². The van der Waals surface area contributed by atoms with E-state index in [4.69, 9.17) is 4.74 Å². The predicted octanol–water partition coefficient (Wildman–Crippen LogP) is 5.14. The summed E-state index contributed by atoms with van der Waals surface area (Å²) >= 11 is 0.837. The summed E-state index contributed by atoms with van der Waals surface area (Å²) in [6.45, 7) is 3.45. The third-order valence-corrected chi connectivity index (χ3v) is 6.25. The SMILES string of the molecule is COc1ccc(/C=C2/SC(=O)N(CC(=O)Nc3c(C)cccc3C)C2=O)c2ccccc12. The van der Waals surface area contributed by atoms with Gasteiger partial charge in [-0.15, -0.1) is 0 Å². The summed E-state index contributed by atoms with van der Waals surface area (Å²) in [7, 11) is 1.61. The number of thioether (sulfide) groups is 1. The van der Waals surface area contributed by atoms with E-state index in [2.05, 4.69) is 5.32 Å². The number of rotatable bonds is 5. The number of nitrogens with zero attached hydrogens (tertiary/aromatic N) is 1. The Morgan fingerprint density at radius 3 is 2.38 bits per heavy atom. The Balaban J connectivity index is 1.56. The van der Waals surface area contributed by atoms with Crippen molar-refractivity contribution in [2.75, 3.05) is 19.0 Å². The maximum absolute atomic E-state index is 12.9. The van der Waals surface area contributed by atoms with Crippen LogP contribution in [-0.2, 0) is 9.59 Å². The summed E-state index contributed by atoms with van der Waals surface area (Å²) in [6, 6.07) is 17.1. The number of aryl methyl sites for hydroxylation is 2. The molecule has 1 aliphatic rings. The zero-order valence-corrected chi connectivity index (χ0v) is 18.8. The van der Waals surface area contributed by atoms with Crippen LogP contribution in [0.3, 0.4) is 0 Å². The Bertz CT molecular complexity index is 1260. The molecule has 1 fully saturated rings. The molecule has 7 heteroatoms. The molecule has 0 atom stereocenters. The van der Waals surface area contributed by atoms with Gasteiger partial charge in [0.1, 0.15) is 12.3 Å². The molecule has 1 N–H and O–H groups in total. The summed E-state index contributed by atoms with van der Waals surface area (Å²) in [5, 5.41) is 4.18. The number of benzene rings is 3. The van der Waals surface area contributed by atoms with Crippen molar-refractivity contribution in [3.8, 4) is 5.75 Å². The smallest absolute Gasteiger partial charge is 0.294 e. The molecule has 0 aliphatic carbocycles. The number of nitrogens with one attached hydrogen (secondary N) is 1. The molecule has 1 saturated heterocycles. The highest BCUT2D eigenvalue weighted by molar-refractivity contribution is 8.18. The molecule has 0 radical (unpaired) electrons. The lowest BCUT2D eigenvalue weighted by Gasteiger charge is -2.15. The highest BCUT2D eigenvalue weighted by Crippen LogP contribution is 2.35. The largest absolute Gasteiger partial charge is 0.496 e. The first-order valence-corrected chi connectivity index (χ1v) is 10.9. The van der Waals surface area contributed by atoms with Crippen LogP contribution in [0.5, 0.6) is 5.75 Å². The summed E-state index contributed by atoms with van der Waals surface area (Å²) in [5.74, 6) is -0.161. The average molecular weight is 447 g/mol. The van der Waals surface area contributed by atoms with Gasteiger partial charge in [-0.25, -0.2) is 0 Å². The fraction of sp³-hybridized carbons (Fsp3) is 0.160. The summed E-state index contributed by atoms with van der Waals surface area (Å²) in [6.07, 6.45) is 1.69. The first-order chi connectivity index (χ1) is 15.4. The van der Waals surface area contributed by atoms with E-state index in [0.717, 1.165) is 49.9 Å². The van der Waals surface area contributed by atoms with E-state index in [1.807, 2.05) is 68.4 Å². The molecular weight excluding hydrogens is 424 g/mol. The van der Waals surface area contributed by atoms with Crippen molar-refractivity contribution in [3.63, 3.8) is 0 Å². The van der Waals surface area contributed by atoms with Crippen molar-refractivity contribution in [2.45, 2.75) is 13.8 Å². The van der Waals surface area contributed by atoms with Gasteiger partial charge in [0.05, 0.1) is 12.0 Å². The second kappa shape index (κ2) is 8.88. The van der Waals surface area contributed by atoms with Crippen molar-refractivity contribution in [3.05, 3.63) is 76.2 Å². The van der Waals surface area contributed by atoms with Gasteiger partial charge in [-0.3, -0.25) is 19.3 Å². The summed E-state index contributed by atoms with van der Waals surface area (Å²) in [5.41, 5.74) is 3.33. The molecule has 6 nitrogen and oxygen atoms in total. The fourth-order valence-corrected chi connectivity index (χ4v) is 4.54. The minimum Gasteiger partial charge on any atom is -0.496 e. The lowest BCUT2D eigenvalue weighted by Crippen LogP contribution is -2.36. The lowest BCUT2D eigenvalue weighted by atomic mass is 10.0. The number of amides is 3. The van der Waals surface area contributed by atoms with Gasteiger partial charge in [0.2, 0.25) is 5.91 Å². The lowest BCUT2D eigenvalue weighted by molar-refractivity contribution is -0.127. The zero-order chi connectivity index (χ0) is 22.8. The summed E-state index contributed by atoms with van der Waals surface area (Å²) in [4.78, 5) is 39.2. The fourth-order valence-electron chi connectivity index (χ4n) is 3.71. The van der Waals surface area contributed by atoms with Gasteiger partial charge in [0.15, 0.2) is 0 Å². The minimum atomic E-state index is -0.475. The van der Waals surface area contributed by atoms with E-state index in [0.29, 0.717) is 5.69 Å². The number of carbonyl (C=O) groups excluding carboxylic acids is 3. The van der Waals surface area contributed by atoms with Gasteiger partial charge in [0.25, 0.3) is 11.1 Å². The van der Waals surface area contributed by atoms with Crippen LogP contribution in [0, 0.1) is 13.8 Å². The van der Waals surface area contributed by atoms with Gasteiger partial charge in [0, 0.05) is 11.1 Å². The number of fused-ring (bicyclic) bond motifs is 1. The Hall–Kier alpha value is -3.58. The molecule has 4 rings (SSSR count). The van der Waals surface area contributed by atoms with Crippen molar-refractivity contribution < 1.29 is 19.1 Å². The van der Waals surface area contributed by atoms with Crippen molar-refractivity contribution >= 4 is 51.4 Å². The molecule has 0 aromatic heterocycles. The molecule has 1 aliphatic heterocycles. The van der Waals surface area contributed by atoms with Crippen LogP contribution in [0.4, 0.5) is 10.5 Å². The van der Waals surface area contributed by atoms with Crippen LogP contribution in [0.1, 0.15) is 16.7 Å². The third kappa shape index (κ3) is 4.11. The van der Waals surface area contributed by atoms with Gasteiger partial charge in [-0.2, -0.15) is 0 Å². The Morgan fingerprint density at radius 1 is 1.00 bits per heavy atom. The van der Waals surface area contributed by atoms with E-state index >= 15 is 0 Å². The van der Waals surface area contributed by atoms with Crippen LogP contribution in [0.25, 0.3) is 16.8 Å². The molecule has 3 aromatic rings. The molecule has 1 heterocycles. The van der Waals surface area contributed by atoms with Crippen LogP contribution in [0.15, 0.2) is 59.5 Å². The van der Waals surface area contributed by atoms with Crippen LogP contribution >= 0.6 is 11.8 Å². The molecule has 3 aromatic carbocycles. The molecular formula is C25H22N2O4S. The standard InChI is InChI=1S/C25H22N2O4S/c1-15-7-6-8-16(2)23(15)26-22(28)14-27-24(29)21(32-25(27)30)13-17-11-12-20(31-3)19-10-5-4-9-18(17)19/h4-13H,14H2,1-3H3,(H,26,28)/b21-13+. The van der Waals surface area contributed by atoms with Gasteiger partial charge in [-0.1, -0.05) is 48.5 Å². The van der Waals surface area contributed by atoms with E-state index in [9.17, 15) is 14.4 Å². The quantitative estimate of drug-likeness (QED) is 0.549. The van der Waals surface area contributed by atoms with Crippen molar-refractivity contribution in [1.82, 2.24) is 4.90 Å². The number of ether oxygens (including phenoxy) is 1. The number of hydrogen-bond acceptors (Lipinski definition) is 5. The number of anilines is 1. The highest BCUT2D eigenvalue weighted by atomic mass is 32.2. The number of hydrogen-bond donors (Lipinski definition) is 1. The molecule has 0 saturated carbocycles. The van der Waals surface area contributed by atoms with Crippen LogP contribution in [-0.4, -0.2) is 35.6 Å². The number of imide groups is 1. The van der Waals surface area contributed by atoms with Crippen LogP contribution in [0.2, 0.25) is 0 Å². The molecule has 0 unspecified atom stereocenters. The van der Waals surface area contributed by atoms with E-state index in [1.165, 1.54) is 0 Å². The van der Waals surface area contributed by atoms with E-state index in [1.54, 1.807) is 13.2 Å². The maximum Gasteiger partial charge on any atom is 0.294 e. The predicted molar refractivity (Wildman–Crippen MR) is 128 cm³/mol. The van der Waals surface area contributed by atoms with Gasteiger partial charge in [-0.05, 0) is 59.8 Å². The minimum absolute atomic E-state index is 0.283. The van der Waals surface area contributed by atoms with Crippen molar-refractivity contribution in [1.29, 1.82) is 0 Å². The van der Waals surface area contributed by atoms with Gasteiger partial charge >= 0.3 is 0 Å². The zero-order valence-electron chi connectivity index (χ0n) is 18.0. The summed E-state index contributed by atoms with van der Waals surface area (Å²) < 4.78 is 5.42. The van der Waals surface area contributed by atoms with E-state index in [-0.39, 0.29) is 11.4 Å². The second-order valence-electron chi connectivity index (χ2n) is 7.49. The normalized spacial score (nSPS) is 15.0. The molecule has 0 spiro atoms. The van der Waals surface area contributed by atoms with Gasteiger partial charge < -0.3 is 10.1 Å². The Labute approximate surface area is 190 Å². The molecule has 162 valence electrons. The number of carbonyl (C=O) groups is 3. The molecule has 0 bridgehead atoms. The monoisotopic (exact) mass is 446 g/mol. The first-order valence-electron chi connectivity index (χ1n) is 10.1. The number of para-hydroxylation sites is 1. The Kier molecular flexibility index (Phi) is 6.01. The topological polar surface area (TPSA) is 75.7 Å². The first kappa shape index (κ1) is 21.6. The maximum atomic E-state index is 12.9.